The van der Waals surface area contributed by atoms with Gasteiger partial charge in [0.05, 0.1) is 23.8 Å². The van der Waals surface area contributed by atoms with Crippen molar-refractivity contribution in [2.75, 3.05) is 23.7 Å². The van der Waals surface area contributed by atoms with E-state index >= 15 is 0 Å². The Morgan fingerprint density at radius 3 is 1.67 bits per heavy atom. The fourth-order valence-electron chi connectivity index (χ4n) is 2.09. The Labute approximate surface area is 156 Å². The molecule has 0 aromatic carbocycles. The van der Waals surface area contributed by atoms with Crippen LogP contribution < -0.4 is 10.6 Å². The number of guanidine groups is 2. The average Bonchev–Trinajstić information content (AvgIpc) is 2.69. The highest BCUT2D eigenvalue weighted by molar-refractivity contribution is 5.92. The Morgan fingerprint density at radius 1 is 0.889 bits per heavy atom. The number of nitriles is 2. The maximum atomic E-state index is 9.24. The third-order valence-corrected chi connectivity index (χ3v) is 3.39. The number of nitrogens with zero attached hydrogens (tertiary/aromatic N) is 6. The first-order chi connectivity index (χ1) is 13.1. The molecule has 0 aliphatic rings. The molecule has 0 unspecified atom stereocenters. The van der Waals surface area contributed by atoms with Crippen molar-refractivity contribution < 1.29 is 0 Å². The highest BCUT2D eigenvalue weighted by Crippen LogP contribution is 2.06. The van der Waals surface area contributed by atoms with Gasteiger partial charge >= 0.3 is 0 Å². The first-order valence-electron chi connectivity index (χ1n) is 7.99. The minimum absolute atomic E-state index is 0.0856. The van der Waals surface area contributed by atoms with Crippen LogP contribution >= 0.6 is 0 Å². The molecular formula is C17H18N10. The van der Waals surface area contributed by atoms with Gasteiger partial charge in [0.1, 0.15) is 0 Å². The predicted molar refractivity (Wildman–Crippen MR) is 100 cm³/mol. The van der Waals surface area contributed by atoms with Crippen molar-refractivity contribution in [3.63, 3.8) is 0 Å². The van der Waals surface area contributed by atoms with Crippen LogP contribution in [0.5, 0.6) is 0 Å². The number of hydrogen-bond acceptors (Lipinski definition) is 6. The van der Waals surface area contributed by atoms with Crippen LogP contribution in [0.4, 0.5) is 11.4 Å². The molecule has 0 aliphatic carbocycles. The molecule has 0 radical (unpaired) electrons. The van der Waals surface area contributed by atoms with Crippen LogP contribution in [0.25, 0.3) is 0 Å². The fourth-order valence-corrected chi connectivity index (χ4v) is 2.09. The second kappa shape index (κ2) is 9.96. The number of aromatic nitrogens is 2. The van der Waals surface area contributed by atoms with Crippen molar-refractivity contribution in [1.82, 2.24) is 19.8 Å². The van der Waals surface area contributed by atoms with Gasteiger partial charge in [-0.3, -0.25) is 20.8 Å². The molecule has 2 aromatic heterocycles. The summed E-state index contributed by atoms with van der Waals surface area (Å²) in [5.74, 6) is -0.171. The smallest absolute Gasteiger partial charge is 0.209 e. The van der Waals surface area contributed by atoms with E-state index in [-0.39, 0.29) is 25.0 Å². The lowest BCUT2D eigenvalue weighted by Gasteiger charge is -2.20. The molecule has 0 saturated heterocycles. The predicted octanol–water partition coefficient (Wildman–Crippen LogP) is 1.83. The summed E-state index contributed by atoms with van der Waals surface area (Å²) in [5, 5.41) is 40.0. The summed E-state index contributed by atoms with van der Waals surface area (Å²) in [4.78, 5) is 10.2. The second-order valence-electron chi connectivity index (χ2n) is 5.29. The van der Waals surface area contributed by atoms with E-state index in [1.165, 1.54) is 9.80 Å². The van der Waals surface area contributed by atoms with E-state index in [0.29, 0.717) is 17.8 Å². The van der Waals surface area contributed by atoms with Gasteiger partial charge in [-0.1, -0.05) is 0 Å². The number of pyridine rings is 2. The molecule has 10 nitrogen and oxygen atoms in total. The Morgan fingerprint density at radius 2 is 1.33 bits per heavy atom. The molecule has 0 spiro atoms. The zero-order chi connectivity index (χ0) is 19.5. The lowest BCUT2D eigenvalue weighted by Crippen LogP contribution is -2.36. The van der Waals surface area contributed by atoms with E-state index in [9.17, 15) is 10.5 Å². The maximum absolute atomic E-state index is 9.24. The van der Waals surface area contributed by atoms with E-state index in [0.717, 1.165) is 0 Å². The van der Waals surface area contributed by atoms with E-state index in [2.05, 4.69) is 20.6 Å². The zero-order valence-electron chi connectivity index (χ0n) is 14.4. The molecule has 4 N–H and O–H groups in total. The van der Waals surface area contributed by atoms with Crippen LogP contribution in [0.1, 0.15) is 6.42 Å². The van der Waals surface area contributed by atoms with Gasteiger partial charge in [-0.15, -0.1) is 0 Å². The topological polar surface area (TPSA) is 152 Å². The van der Waals surface area contributed by atoms with Crippen molar-refractivity contribution in [1.29, 1.82) is 21.3 Å². The standard InChI is InChI=1S/C17H18N10/c18-12-26(16(20)24-14-4-1-6-22-10-14)8-3-9-27(13-19)17(21)25-15-5-2-7-23-11-15/h1-2,4-7,10-11H,3,8-9H2,(H2,20,24)(H2,21,25). The van der Waals surface area contributed by atoms with Gasteiger partial charge in [0, 0.05) is 25.5 Å². The quantitative estimate of drug-likeness (QED) is 0.263. The summed E-state index contributed by atoms with van der Waals surface area (Å²) in [7, 11) is 0. The highest BCUT2D eigenvalue weighted by Gasteiger charge is 2.13. The molecule has 0 atom stereocenters. The normalized spacial score (nSPS) is 9.41. The summed E-state index contributed by atoms with van der Waals surface area (Å²) in [6.07, 6.45) is 10.6. The SMILES string of the molecule is N#CN(CCCN(C#N)C(=N)Nc1cccnc1)C(=N)Nc1cccnc1. The molecule has 2 heterocycles. The van der Waals surface area contributed by atoms with Crippen molar-refractivity contribution in [3.05, 3.63) is 49.1 Å². The van der Waals surface area contributed by atoms with E-state index in [4.69, 9.17) is 10.8 Å². The van der Waals surface area contributed by atoms with Crippen LogP contribution in [-0.2, 0) is 0 Å². The minimum Gasteiger partial charge on any atom is -0.324 e. The fraction of sp³-hybridized carbons (Fsp3) is 0.176. The van der Waals surface area contributed by atoms with Crippen LogP contribution in [0, 0.1) is 33.7 Å². The summed E-state index contributed by atoms with van der Waals surface area (Å²) >= 11 is 0. The number of nitrogens with one attached hydrogen (secondary N) is 4. The molecule has 10 heteroatoms. The first-order valence-corrected chi connectivity index (χ1v) is 7.99. The van der Waals surface area contributed by atoms with Crippen LogP contribution in [-0.4, -0.2) is 44.8 Å². The third kappa shape index (κ3) is 5.99. The molecule has 136 valence electrons. The summed E-state index contributed by atoms with van der Waals surface area (Å²) in [6, 6.07) is 6.91. The Hall–Kier alpha value is -4.18. The molecule has 0 bridgehead atoms. The van der Waals surface area contributed by atoms with Crippen LogP contribution in [0.2, 0.25) is 0 Å². The molecule has 0 saturated carbocycles. The van der Waals surface area contributed by atoms with Crippen molar-refractivity contribution in [3.8, 4) is 12.4 Å². The molecule has 0 aliphatic heterocycles. The average molecular weight is 362 g/mol. The van der Waals surface area contributed by atoms with Gasteiger partial charge in [-0.25, -0.2) is 9.80 Å². The van der Waals surface area contributed by atoms with Gasteiger partial charge in [-0.2, -0.15) is 10.5 Å². The summed E-state index contributed by atoms with van der Waals surface area (Å²) in [5.41, 5.74) is 1.20. The molecule has 0 amide bonds. The van der Waals surface area contributed by atoms with Crippen molar-refractivity contribution >= 4 is 23.3 Å². The first kappa shape index (κ1) is 19.1. The number of rotatable bonds is 6. The zero-order valence-corrected chi connectivity index (χ0v) is 14.4. The monoisotopic (exact) mass is 362 g/mol. The van der Waals surface area contributed by atoms with Gasteiger partial charge in [-0.05, 0) is 30.7 Å². The summed E-state index contributed by atoms with van der Waals surface area (Å²) in [6.45, 7) is 0.446. The minimum atomic E-state index is -0.0856. The lowest BCUT2D eigenvalue weighted by atomic mass is 10.3. The molecular weight excluding hydrogens is 344 g/mol. The van der Waals surface area contributed by atoms with Crippen molar-refractivity contribution in [2.24, 2.45) is 0 Å². The van der Waals surface area contributed by atoms with Gasteiger partial charge in [0.15, 0.2) is 12.4 Å². The molecule has 2 rings (SSSR count). The second-order valence-corrected chi connectivity index (χ2v) is 5.29. The molecule has 27 heavy (non-hydrogen) atoms. The van der Waals surface area contributed by atoms with Gasteiger partial charge < -0.3 is 10.6 Å². The van der Waals surface area contributed by atoms with Gasteiger partial charge in [0.25, 0.3) is 0 Å². The highest BCUT2D eigenvalue weighted by atomic mass is 15.3. The summed E-state index contributed by atoms with van der Waals surface area (Å²) < 4.78 is 0. The largest absolute Gasteiger partial charge is 0.324 e. The lowest BCUT2D eigenvalue weighted by molar-refractivity contribution is 0.477. The molecule has 0 fully saturated rings. The Kier molecular flexibility index (Phi) is 7.06. The van der Waals surface area contributed by atoms with Crippen LogP contribution in [0.15, 0.2) is 49.1 Å². The Bertz CT molecular complexity index is 766. The molecule has 2 aromatic rings. The van der Waals surface area contributed by atoms with E-state index in [1.54, 1.807) is 49.1 Å². The van der Waals surface area contributed by atoms with Crippen molar-refractivity contribution in [2.45, 2.75) is 6.42 Å². The number of hydrogen-bond donors (Lipinski definition) is 4. The van der Waals surface area contributed by atoms with E-state index < -0.39 is 0 Å². The Balaban J connectivity index is 1.83. The maximum Gasteiger partial charge on any atom is 0.209 e. The van der Waals surface area contributed by atoms with Crippen LogP contribution in [0.3, 0.4) is 0 Å². The van der Waals surface area contributed by atoms with E-state index in [1.807, 2.05) is 12.4 Å². The number of anilines is 2. The van der Waals surface area contributed by atoms with Gasteiger partial charge in [0.2, 0.25) is 11.9 Å². The third-order valence-electron chi connectivity index (χ3n) is 3.39.